The summed E-state index contributed by atoms with van der Waals surface area (Å²) in [6.07, 6.45) is 0. The predicted octanol–water partition coefficient (Wildman–Crippen LogP) is 4.02. The number of benzene rings is 3. The maximum absolute atomic E-state index is 12.5. The van der Waals surface area contributed by atoms with E-state index in [1.807, 2.05) is 45.0 Å². The molecule has 1 amide bonds. The first-order valence-corrected chi connectivity index (χ1v) is 11.2. The van der Waals surface area contributed by atoms with Crippen LogP contribution in [0, 0.1) is 20.8 Å². The standard InChI is InChI=1S/C24H26N2O3S/c1-17-8-13-23(14-19(17)3)30(28,29)26-15-20-9-11-21(12-10-20)24(27)25-16-22-7-5-4-6-18(22)2/h4-14,26H,15-16H2,1-3H3,(H,25,27). The normalized spacial score (nSPS) is 11.3. The van der Waals surface area contributed by atoms with Gasteiger partial charge in [-0.3, -0.25) is 4.79 Å². The first-order chi connectivity index (χ1) is 14.3. The van der Waals surface area contributed by atoms with Crippen molar-refractivity contribution in [3.05, 3.63) is 100 Å². The van der Waals surface area contributed by atoms with Crippen molar-refractivity contribution in [2.75, 3.05) is 0 Å². The minimum Gasteiger partial charge on any atom is -0.348 e. The van der Waals surface area contributed by atoms with Crippen molar-refractivity contribution in [3.8, 4) is 0 Å². The van der Waals surface area contributed by atoms with Gasteiger partial charge in [0.15, 0.2) is 0 Å². The van der Waals surface area contributed by atoms with Crippen molar-refractivity contribution in [3.63, 3.8) is 0 Å². The van der Waals surface area contributed by atoms with Crippen LogP contribution in [-0.4, -0.2) is 14.3 Å². The third-order valence-corrected chi connectivity index (χ3v) is 6.57. The smallest absolute Gasteiger partial charge is 0.251 e. The van der Waals surface area contributed by atoms with Crippen LogP contribution in [0.2, 0.25) is 0 Å². The van der Waals surface area contributed by atoms with Crippen LogP contribution < -0.4 is 10.0 Å². The first kappa shape index (κ1) is 21.7. The van der Waals surface area contributed by atoms with Crippen molar-refractivity contribution in [1.29, 1.82) is 0 Å². The van der Waals surface area contributed by atoms with E-state index in [2.05, 4.69) is 10.0 Å². The van der Waals surface area contributed by atoms with E-state index in [4.69, 9.17) is 0 Å². The highest BCUT2D eigenvalue weighted by Crippen LogP contribution is 2.15. The molecule has 0 saturated carbocycles. The number of rotatable bonds is 7. The van der Waals surface area contributed by atoms with Gasteiger partial charge in [-0.05, 0) is 72.9 Å². The summed E-state index contributed by atoms with van der Waals surface area (Å²) in [6, 6.07) is 19.9. The minimum absolute atomic E-state index is 0.153. The molecule has 0 aromatic heterocycles. The van der Waals surface area contributed by atoms with Crippen LogP contribution in [0.15, 0.2) is 71.6 Å². The molecule has 2 N–H and O–H groups in total. The molecule has 0 aliphatic heterocycles. The number of aryl methyl sites for hydroxylation is 3. The monoisotopic (exact) mass is 422 g/mol. The van der Waals surface area contributed by atoms with Crippen LogP contribution >= 0.6 is 0 Å². The predicted molar refractivity (Wildman–Crippen MR) is 119 cm³/mol. The lowest BCUT2D eigenvalue weighted by Gasteiger charge is -2.10. The highest BCUT2D eigenvalue weighted by molar-refractivity contribution is 7.89. The number of amides is 1. The summed E-state index contributed by atoms with van der Waals surface area (Å²) in [5.74, 6) is -0.166. The average molecular weight is 423 g/mol. The fourth-order valence-corrected chi connectivity index (χ4v) is 4.11. The molecule has 6 heteroatoms. The molecule has 0 bridgehead atoms. The Hall–Kier alpha value is -2.96. The van der Waals surface area contributed by atoms with Crippen molar-refractivity contribution < 1.29 is 13.2 Å². The maximum atomic E-state index is 12.5. The lowest BCUT2D eigenvalue weighted by molar-refractivity contribution is 0.0951. The zero-order valence-corrected chi connectivity index (χ0v) is 18.2. The molecule has 156 valence electrons. The molecular weight excluding hydrogens is 396 g/mol. The molecule has 0 radical (unpaired) electrons. The minimum atomic E-state index is -3.60. The number of nitrogens with one attached hydrogen (secondary N) is 2. The second-order valence-electron chi connectivity index (χ2n) is 7.38. The second kappa shape index (κ2) is 9.24. The van der Waals surface area contributed by atoms with Crippen molar-refractivity contribution in [2.24, 2.45) is 0 Å². The third kappa shape index (κ3) is 5.34. The highest BCUT2D eigenvalue weighted by Gasteiger charge is 2.14. The molecule has 0 heterocycles. The number of sulfonamides is 1. The molecule has 3 aromatic rings. The molecule has 0 unspecified atom stereocenters. The summed E-state index contributed by atoms with van der Waals surface area (Å²) >= 11 is 0. The molecule has 30 heavy (non-hydrogen) atoms. The van der Waals surface area contributed by atoms with Gasteiger partial charge in [0.2, 0.25) is 10.0 Å². The quantitative estimate of drug-likeness (QED) is 0.604. The Morgan fingerprint density at radius 1 is 0.800 bits per heavy atom. The molecule has 0 aliphatic carbocycles. The summed E-state index contributed by atoms with van der Waals surface area (Å²) in [5.41, 5.74) is 5.49. The van der Waals surface area contributed by atoms with Gasteiger partial charge in [-0.1, -0.05) is 42.5 Å². The maximum Gasteiger partial charge on any atom is 0.251 e. The van der Waals surface area contributed by atoms with Gasteiger partial charge in [0.25, 0.3) is 5.91 Å². The van der Waals surface area contributed by atoms with Crippen LogP contribution in [-0.2, 0) is 23.1 Å². The molecule has 0 aliphatic rings. The Kier molecular flexibility index (Phi) is 6.70. The van der Waals surface area contributed by atoms with E-state index in [1.165, 1.54) is 0 Å². The molecule has 5 nitrogen and oxygen atoms in total. The Balaban J connectivity index is 1.59. The van der Waals surface area contributed by atoms with Crippen molar-refractivity contribution in [2.45, 2.75) is 38.8 Å². The van der Waals surface area contributed by atoms with Crippen molar-refractivity contribution >= 4 is 15.9 Å². The van der Waals surface area contributed by atoms with Gasteiger partial charge in [0.1, 0.15) is 0 Å². The highest BCUT2D eigenvalue weighted by atomic mass is 32.2. The van der Waals surface area contributed by atoms with Crippen LogP contribution in [0.3, 0.4) is 0 Å². The topological polar surface area (TPSA) is 75.3 Å². The van der Waals surface area contributed by atoms with E-state index in [1.54, 1.807) is 42.5 Å². The van der Waals surface area contributed by atoms with Crippen molar-refractivity contribution in [1.82, 2.24) is 10.0 Å². The molecule has 0 saturated heterocycles. The summed E-state index contributed by atoms with van der Waals surface area (Å²) in [6.45, 7) is 6.45. The molecule has 0 atom stereocenters. The fraction of sp³-hybridized carbons (Fsp3) is 0.208. The Morgan fingerprint density at radius 2 is 1.50 bits per heavy atom. The van der Waals surface area contributed by atoms with Gasteiger partial charge < -0.3 is 5.32 Å². The van der Waals surface area contributed by atoms with Crippen LogP contribution in [0.25, 0.3) is 0 Å². The van der Waals surface area contributed by atoms with Gasteiger partial charge in [0.05, 0.1) is 4.90 Å². The summed E-state index contributed by atoms with van der Waals surface area (Å²) in [7, 11) is -3.60. The number of carbonyl (C=O) groups is 1. The van der Waals surface area contributed by atoms with Gasteiger partial charge in [0, 0.05) is 18.7 Å². The molecular formula is C24H26N2O3S. The van der Waals surface area contributed by atoms with Gasteiger partial charge >= 0.3 is 0 Å². The zero-order valence-electron chi connectivity index (χ0n) is 17.4. The SMILES string of the molecule is Cc1ccc(S(=O)(=O)NCc2ccc(C(=O)NCc3ccccc3C)cc2)cc1C. The zero-order chi connectivity index (χ0) is 21.7. The summed E-state index contributed by atoms with van der Waals surface area (Å²) < 4.78 is 27.6. The molecule has 3 rings (SSSR count). The molecule has 0 spiro atoms. The van der Waals surface area contributed by atoms with E-state index in [9.17, 15) is 13.2 Å². The van der Waals surface area contributed by atoms with E-state index in [0.29, 0.717) is 12.1 Å². The Morgan fingerprint density at radius 3 is 2.17 bits per heavy atom. The first-order valence-electron chi connectivity index (χ1n) is 9.75. The lowest BCUT2D eigenvalue weighted by atomic mass is 10.1. The van der Waals surface area contributed by atoms with Gasteiger partial charge in [-0.25, -0.2) is 13.1 Å². The van der Waals surface area contributed by atoms with Gasteiger partial charge in [-0.2, -0.15) is 0 Å². The van der Waals surface area contributed by atoms with E-state index in [-0.39, 0.29) is 17.3 Å². The van der Waals surface area contributed by atoms with E-state index in [0.717, 1.165) is 27.8 Å². The average Bonchev–Trinajstić information content (AvgIpc) is 2.74. The molecule has 0 fully saturated rings. The van der Waals surface area contributed by atoms with Gasteiger partial charge in [-0.15, -0.1) is 0 Å². The van der Waals surface area contributed by atoms with Crippen LogP contribution in [0.1, 0.15) is 38.2 Å². The second-order valence-corrected chi connectivity index (χ2v) is 9.14. The third-order valence-electron chi connectivity index (χ3n) is 5.17. The summed E-state index contributed by atoms with van der Waals surface area (Å²) in [4.78, 5) is 12.6. The van der Waals surface area contributed by atoms with Crippen LogP contribution in [0.4, 0.5) is 0 Å². The number of hydrogen-bond donors (Lipinski definition) is 2. The van der Waals surface area contributed by atoms with E-state index >= 15 is 0 Å². The molecule has 3 aromatic carbocycles. The van der Waals surface area contributed by atoms with E-state index < -0.39 is 10.0 Å². The van der Waals surface area contributed by atoms with Crippen LogP contribution in [0.5, 0.6) is 0 Å². The fourth-order valence-electron chi connectivity index (χ4n) is 3.00. The lowest BCUT2D eigenvalue weighted by Crippen LogP contribution is -2.24. The Bertz CT molecular complexity index is 1150. The summed E-state index contributed by atoms with van der Waals surface area (Å²) in [5, 5.41) is 2.91. The largest absolute Gasteiger partial charge is 0.348 e. The Labute approximate surface area is 178 Å². The number of carbonyl (C=O) groups excluding carboxylic acids is 1. The number of hydrogen-bond acceptors (Lipinski definition) is 3.